The number of hydrogen-bond acceptors (Lipinski definition) is 4. The minimum atomic E-state index is -0.0646. The first-order chi connectivity index (χ1) is 14.7. The van der Waals surface area contributed by atoms with E-state index in [4.69, 9.17) is 14.6 Å². The molecule has 1 aliphatic carbocycles. The summed E-state index contributed by atoms with van der Waals surface area (Å²) in [5.41, 5.74) is 5.64. The lowest BCUT2D eigenvalue weighted by Gasteiger charge is -2.11. The van der Waals surface area contributed by atoms with Crippen LogP contribution in [0.15, 0.2) is 48.5 Å². The molecule has 0 unspecified atom stereocenters. The molecular formula is C24H20N4O2. The van der Waals surface area contributed by atoms with E-state index < -0.39 is 0 Å². The summed E-state index contributed by atoms with van der Waals surface area (Å²) in [6.45, 7) is 0. The van der Waals surface area contributed by atoms with Gasteiger partial charge in [-0.15, -0.1) is 0 Å². The van der Waals surface area contributed by atoms with Crippen LogP contribution in [0, 0.1) is 11.3 Å². The number of allylic oxidation sites excluding steroid dienone is 1. The highest BCUT2D eigenvalue weighted by molar-refractivity contribution is 5.85. The molecular weight excluding hydrogens is 376 g/mol. The van der Waals surface area contributed by atoms with Crippen LogP contribution in [0.3, 0.4) is 0 Å². The Morgan fingerprint density at radius 1 is 0.933 bits per heavy atom. The van der Waals surface area contributed by atoms with Crippen LogP contribution in [0.2, 0.25) is 0 Å². The van der Waals surface area contributed by atoms with E-state index in [1.807, 2.05) is 60.5 Å². The number of nitrogens with zero attached hydrogens (tertiary/aromatic N) is 4. The molecule has 4 rings (SSSR count). The molecule has 2 aromatic carbocycles. The Morgan fingerprint density at radius 2 is 1.50 bits per heavy atom. The average molecular weight is 396 g/mol. The predicted molar refractivity (Wildman–Crippen MR) is 114 cm³/mol. The highest BCUT2D eigenvalue weighted by Crippen LogP contribution is 2.36. The second-order valence-corrected chi connectivity index (χ2v) is 6.95. The zero-order valence-electron chi connectivity index (χ0n) is 16.8. The maximum atomic E-state index is 9.60. The zero-order valence-corrected chi connectivity index (χ0v) is 16.8. The van der Waals surface area contributed by atoms with E-state index in [2.05, 4.69) is 0 Å². The van der Waals surface area contributed by atoms with Crippen LogP contribution in [0.25, 0.3) is 33.6 Å². The molecule has 1 heterocycles. The van der Waals surface area contributed by atoms with Gasteiger partial charge in [-0.3, -0.25) is 0 Å². The molecule has 1 aliphatic rings. The number of rotatable bonds is 5. The van der Waals surface area contributed by atoms with Gasteiger partial charge < -0.3 is 14.9 Å². The molecule has 0 atom stereocenters. The fraction of sp³-hybridized carbons (Fsp3) is 0.208. The van der Waals surface area contributed by atoms with Crippen molar-refractivity contribution in [3.05, 3.63) is 65.1 Å². The van der Waals surface area contributed by atoms with Gasteiger partial charge in [0.25, 0.3) is 5.69 Å². The van der Waals surface area contributed by atoms with E-state index in [-0.39, 0.29) is 5.70 Å². The van der Waals surface area contributed by atoms with Crippen LogP contribution < -0.4 is 14.2 Å². The van der Waals surface area contributed by atoms with E-state index in [9.17, 15) is 10.7 Å². The van der Waals surface area contributed by atoms with E-state index in [0.717, 1.165) is 64.4 Å². The van der Waals surface area contributed by atoms with Crippen molar-refractivity contribution < 1.29 is 14.2 Å². The first kappa shape index (κ1) is 19.4. The number of benzene rings is 2. The Kier molecular flexibility index (Phi) is 5.30. The van der Waals surface area contributed by atoms with E-state index in [1.54, 1.807) is 14.2 Å². The van der Waals surface area contributed by atoms with Crippen molar-refractivity contribution in [3.63, 3.8) is 0 Å². The lowest BCUT2D eigenvalue weighted by molar-refractivity contribution is -0.629. The maximum Gasteiger partial charge on any atom is 0.336 e. The molecule has 6 heteroatoms. The zero-order chi connectivity index (χ0) is 21.1. The van der Waals surface area contributed by atoms with Crippen LogP contribution in [-0.4, -0.2) is 25.2 Å². The number of hydrogen-bond donors (Lipinski definition) is 0. The van der Waals surface area contributed by atoms with E-state index in [0.29, 0.717) is 0 Å². The molecule has 0 aliphatic heterocycles. The van der Waals surface area contributed by atoms with Crippen molar-refractivity contribution in [2.45, 2.75) is 19.3 Å². The quantitative estimate of drug-likeness (QED) is 0.373. The lowest BCUT2D eigenvalue weighted by Crippen LogP contribution is -2.41. The van der Waals surface area contributed by atoms with Gasteiger partial charge in [0.15, 0.2) is 6.07 Å². The number of ether oxygens (including phenoxy) is 2. The third-order valence-corrected chi connectivity index (χ3v) is 5.35. The monoisotopic (exact) mass is 396 g/mol. The largest absolute Gasteiger partial charge is 0.757 e. The summed E-state index contributed by atoms with van der Waals surface area (Å²) in [7, 11) is 3.25. The van der Waals surface area contributed by atoms with Crippen molar-refractivity contribution in [3.8, 4) is 40.1 Å². The minimum absolute atomic E-state index is 0.0646. The molecule has 148 valence electrons. The van der Waals surface area contributed by atoms with Gasteiger partial charge in [-0.1, -0.05) is 0 Å². The van der Waals surface area contributed by atoms with Crippen molar-refractivity contribution in [1.29, 1.82) is 5.26 Å². The van der Waals surface area contributed by atoms with Gasteiger partial charge in [-0.25, -0.2) is 0 Å². The van der Waals surface area contributed by atoms with Crippen molar-refractivity contribution in [1.82, 2.24) is 5.10 Å². The Bertz CT molecular complexity index is 1190. The van der Waals surface area contributed by atoms with Gasteiger partial charge >= 0.3 is 5.70 Å². The number of aromatic nitrogens is 2. The topological polar surface area (TPSA) is 81.3 Å². The van der Waals surface area contributed by atoms with Crippen LogP contribution in [0.5, 0.6) is 11.5 Å². The van der Waals surface area contributed by atoms with Crippen LogP contribution >= 0.6 is 0 Å². The third kappa shape index (κ3) is 3.32. The van der Waals surface area contributed by atoms with E-state index in [1.165, 1.54) is 4.68 Å². The first-order valence-electron chi connectivity index (χ1n) is 9.64. The molecule has 0 bridgehead atoms. The molecule has 30 heavy (non-hydrogen) atoms. The lowest BCUT2D eigenvalue weighted by atomic mass is 9.98. The van der Waals surface area contributed by atoms with Crippen molar-refractivity contribution >= 4 is 11.6 Å². The standard InChI is InChI=1S/C24H20N4O2/c1-29-19-10-6-16(7-11-19)23-21-4-3-5-22(21)24(28(27-23)18(14-25)15-26)17-8-12-20(30-2)13-9-17/h6-13H,3-5H2,1-2H3. The van der Waals surface area contributed by atoms with Crippen molar-refractivity contribution in [2.24, 2.45) is 0 Å². The Hall–Kier alpha value is -3.94. The normalized spacial score (nSPS) is 11.9. The third-order valence-electron chi connectivity index (χ3n) is 5.35. The van der Waals surface area contributed by atoms with Crippen molar-refractivity contribution in [2.75, 3.05) is 14.2 Å². The van der Waals surface area contributed by atoms with Gasteiger partial charge in [-0.05, 0) is 78.0 Å². The summed E-state index contributed by atoms with van der Waals surface area (Å²) in [5, 5.41) is 24.0. The number of nitriles is 1. The van der Waals surface area contributed by atoms with Gasteiger partial charge in [-0.2, -0.15) is 11.1 Å². The number of methoxy groups -OCH3 is 2. The second kappa shape index (κ2) is 8.20. The molecule has 3 aromatic rings. The van der Waals surface area contributed by atoms with Gasteiger partial charge in [0.1, 0.15) is 17.2 Å². The van der Waals surface area contributed by atoms with Gasteiger partial charge in [0, 0.05) is 21.8 Å². The van der Waals surface area contributed by atoms with Crippen LogP contribution in [0.1, 0.15) is 17.5 Å². The molecule has 0 amide bonds. The van der Waals surface area contributed by atoms with Gasteiger partial charge in [0.05, 0.1) is 14.2 Å². The fourth-order valence-corrected chi connectivity index (χ4v) is 3.91. The highest BCUT2D eigenvalue weighted by atomic mass is 16.5. The average Bonchev–Trinajstić information content (AvgIpc) is 3.29. The molecule has 0 saturated heterocycles. The number of fused-ring (bicyclic) bond motifs is 1. The molecule has 0 radical (unpaired) electrons. The minimum Gasteiger partial charge on any atom is -0.757 e. The van der Waals surface area contributed by atoms with Gasteiger partial charge in [0.2, 0.25) is 0 Å². The predicted octanol–water partition coefficient (Wildman–Crippen LogP) is 3.81. The SMILES string of the molecule is COc1ccc(-c2n[n+](C(=C=[N-])C#N)c(-c3ccc(OC)cc3)c3c2CCC3)cc1. The molecule has 0 spiro atoms. The summed E-state index contributed by atoms with van der Waals surface area (Å²) in [5.74, 6) is 3.51. The highest BCUT2D eigenvalue weighted by Gasteiger charge is 2.32. The maximum absolute atomic E-state index is 9.60. The van der Waals surface area contributed by atoms with E-state index >= 15 is 0 Å². The molecule has 6 nitrogen and oxygen atoms in total. The summed E-state index contributed by atoms with van der Waals surface area (Å²) in [6.07, 6.45) is 2.77. The Balaban J connectivity index is 1.99. The summed E-state index contributed by atoms with van der Waals surface area (Å²) < 4.78 is 12.0. The first-order valence-corrected chi connectivity index (χ1v) is 9.64. The van der Waals surface area contributed by atoms with Crippen LogP contribution in [-0.2, 0) is 12.8 Å². The second-order valence-electron chi connectivity index (χ2n) is 6.95. The molecule has 0 N–H and O–H groups in total. The Labute approximate surface area is 175 Å². The summed E-state index contributed by atoms with van der Waals surface area (Å²) in [6, 6.07) is 17.3. The molecule has 1 aromatic heterocycles. The molecule has 0 fully saturated rings. The smallest absolute Gasteiger partial charge is 0.336 e. The molecule has 0 saturated carbocycles. The van der Waals surface area contributed by atoms with Crippen LogP contribution in [0.4, 0.5) is 0 Å². The summed E-state index contributed by atoms with van der Waals surface area (Å²) >= 11 is 0. The summed E-state index contributed by atoms with van der Waals surface area (Å²) in [4.78, 5) is 0. The fourth-order valence-electron chi connectivity index (χ4n) is 3.91. The Morgan fingerprint density at radius 3 is 2.03 bits per heavy atom.